The van der Waals surface area contributed by atoms with E-state index in [-0.39, 0.29) is 5.56 Å². The molecule has 0 spiro atoms. The molecule has 0 bridgehead atoms. The summed E-state index contributed by atoms with van der Waals surface area (Å²) in [5, 5.41) is 5.38. The van der Waals surface area contributed by atoms with E-state index in [4.69, 9.17) is 27.6 Å². The van der Waals surface area contributed by atoms with E-state index < -0.39 is 11.9 Å². The molecule has 3 rings (SSSR count). The Morgan fingerprint density at radius 2 is 1.87 bits per heavy atom. The van der Waals surface area contributed by atoms with E-state index in [1.54, 1.807) is 18.2 Å². The Balaban J connectivity index is 1.68. The number of nitrogens with zero attached hydrogens (tertiary/aromatic N) is 1. The molecule has 2 aromatic carbocycles. The first-order valence-corrected chi connectivity index (χ1v) is 7.19. The number of urea groups is 1. The van der Waals surface area contributed by atoms with Gasteiger partial charge in [0.1, 0.15) is 5.52 Å². The van der Waals surface area contributed by atoms with E-state index in [9.17, 15) is 9.59 Å². The zero-order valence-electron chi connectivity index (χ0n) is 11.5. The molecule has 1 aromatic heterocycles. The van der Waals surface area contributed by atoms with Crippen LogP contribution in [0, 0.1) is 0 Å². The third-order valence-corrected chi connectivity index (χ3v) is 3.74. The summed E-state index contributed by atoms with van der Waals surface area (Å²) in [6.07, 6.45) is 1.28. The van der Waals surface area contributed by atoms with Gasteiger partial charge in [-0.05, 0) is 36.4 Å². The van der Waals surface area contributed by atoms with Gasteiger partial charge in [-0.3, -0.25) is 10.1 Å². The summed E-state index contributed by atoms with van der Waals surface area (Å²) in [7, 11) is 0. The number of nitrogens with one attached hydrogen (secondary N) is 2. The van der Waals surface area contributed by atoms with Gasteiger partial charge in [0, 0.05) is 11.3 Å². The van der Waals surface area contributed by atoms with Crippen molar-refractivity contribution in [2.45, 2.75) is 0 Å². The molecule has 0 fully saturated rings. The van der Waals surface area contributed by atoms with E-state index in [0.717, 1.165) is 0 Å². The molecular formula is C15H9Cl2N3O3. The molecule has 0 saturated heterocycles. The smallest absolute Gasteiger partial charge is 0.326 e. The molecule has 0 atom stereocenters. The Labute approximate surface area is 140 Å². The quantitative estimate of drug-likeness (QED) is 0.729. The Kier molecular flexibility index (Phi) is 4.18. The average Bonchev–Trinajstić information content (AvgIpc) is 2.98. The SMILES string of the molecule is O=C(NC(=O)c1ccc2ocnc2c1)Nc1ccc(Cl)c(Cl)c1. The maximum Gasteiger partial charge on any atom is 0.326 e. The zero-order valence-corrected chi connectivity index (χ0v) is 13.0. The van der Waals surface area contributed by atoms with E-state index in [0.29, 0.717) is 26.8 Å². The number of hydrogen-bond donors (Lipinski definition) is 2. The summed E-state index contributed by atoms with van der Waals surface area (Å²) >= 11 is 11.6. The van der Waals surface area contributed by atoms with E-state index >= 15 is 0 Å². The maximum atomic E-state index is 12.1. The molecule has 23 heavy (non-hydrogen) atoms. The number of hydrogen-bond acceptors (Lipinski definition) is 4. The van der Waals surface area contributed by atoms with Gasteiger partial charge in [-0.15, -0.1) is 0 Å². The fourth-order valence-corrected chi connectivity index (χ4v) is 2.21. The molecule has 3 aromatic rings. The highest BCUT2D eigenvalue weighted by molar-refractivity contribution is 6.42. The number of anilines is 1. The standard InChI is InChI=1S/C15H9Cl2N3O3/c16-10-3-2-9(6-11(10)17)19-15(22)20-14(21)8-1-4-13-12(5-8)18-7-23-13/h1-7H,(H2,19,20,21,22). The van der Waals surface area contributed by atoms with Crippen LogP contribution in [0.3, 0.4) is 0 Å². The number of carbonyl (C=O) groups excluding carboxylic acids is 2. The van der Waals surface area contributed by atoms with E-state index in [1.165, 1.54) is 24.6 Å². The normalized spacial score (nSPS) is 10.5. The Morgan fingerprint density at radius 3 is 2.65 bits per heavy atom. The molecule has 0 aliphatic rings. The molecule has 0 aliphatic carbocycles. The molecule has 1 heterocycles. The van der Waals surface area contributed by atoms with Crippen molar-refractivity contribution in [2.75, 3.05) is 5.32 Å². The Morgan fingerprint density at radius 1 is 1.04 bits per heavy atom. The fourth-order valence-electron chi connectivity index (χ4n) is 1.91. The van der Waals surface area contributed by atoms with Crippen molar-refractivity contribution in [1.29, 1.82) is 0 Å². The van der Waals surface area contributed by atoms with Crippen LogP contribution in [0.15, 0.2) is 47.2 Å². The monoisotopic (exact) mass is 349 g/mol. The van der Waals surface area contributed by atoms with Crippen LogP contribution in [-0.4, -0.2) is 16.9 Å². The molecular weight excluding hydrogens is 341 g/mol. The number of carbonyl (C=O) groups is 2. The molecule has 2 N–H and O–H groups in total. The van der Waals surface area contributed by atoms with Crippen LogP contribution < -0.4 is 10.6 Å². The van der Waals surface area contributed by atoms with Crippen LogP contribution in [0.4, 0.5) is 10.5 Å². The van der Waals surface area contributed by atoms with Crippen LogP contribution in [0.5, 0.6) is 0 Å². The summed E-state index contributed by atoms with van der Waals surface area (Å²) in [6, 6.07) is 8.58. The third kappa shape index (κ3) is 3.44. The summed E-state index contributed by atoms with van der Waals surface area (Å²) in [5.41, 5.74) is 1.79. The highest BCUT2D eigenvalue weighted by atomic mass is 35.5. The molecule has 0 saturated carbocycles. The van der Waals surface area contributed by atoms with Crippen LogP contribution in [0.2, 0.25) is 10.0 Å². The minimum Gasteiger partial charge on any atom is -0.443 e. The van der Waals surface area contributed by atoms with Crippen molar-refractivity contribution in [3.05, 3.63) is 58.4 Å². The second kappa shape index (κ2) is 6.28. The van der Waals surface area contributed by atoms with Crippen LogP contribution in [-0.2, 0) is 0 Å². The molecule has 3 amide bonds. The van der Waals surface area contributed by atoms with E-state index in [2.05, 4.69) is 15.6 Å². The van der Waals surface area contributed by atoms with Gasteiger partial charge in [-0.2, -0.15) is 0 Å². The largest absolute Gasteiger partial charge is 0.443 e. The van der Waals surface area contributed by atoms with Gasteiger partial charge in [0.2, 0.25) is 0 Å². The minimum atomic E-state index is -0.686. The molecule has 6 nitrogen and oxygen atoms in total. The predicted molar refractivity (Wildman–Crippen MR) is 87.0 cm³/mol. The Hall–Kier alpha value is -2.57. The van der Waals surface area contributed by atoms with Gasteiger partial charge in [0.05, 0.1) is 10.0 Å². The number of rotatable bonds is 2. The van der Waals surface area contributed by atoms with Gasteiger partial charge in [0.15, 0.2) is 12.0 Å². The van der Waals surface area contributed by atoms with Crippen LogP contribution in [0.25, 0.3) is 11.1 Å². The number of benzene rings is 2. The number of oxazole rings is 1. The maximum absolute atomic E-state index is 12.1. The predicted octanol–water partition coefficient (Wildman–Crippen LogP) is 4.10. The van der Waals surface area contributed by atoms with Gasteiger partial charge < -0.3 is 9.73 Å². The summed E-state index contributed by atoms with van der Waals surface area (Å²) in [6.45, 7) is 0. The number of aromatic nitrogens is 1. The lowest BCUT2D eigenvalue weighted by molar-refractivity contribution is 0.0967. The number of amides is 3. The van der Waals surface area contributed by atoms with Crippen molar-refractivity contribution < 1.29 is 14.0 Å². The average molecular weight is 350 g/mol. The lowest BCUT2D eigenvalue weighted by atomic mass is 10.2. The minimum absolute atomic E-state index is 0.288. The number of fused-ring (bicyclic) bond motifs is 1. The summed E-state index contributed by atoms with van der Waals surface area (Å²) < 4.78 is 5.09. The summed E-state index contributed by atoms with van der Waals surface area (Å²) in [4.78, 5) is 27.9. The third-order valence-electron chi connectivity index (χ3n) is 3.00. The van der Waals surface area contributed by atoms with Gasteiger partial charge in [-0.25, -0.2) is 9.78 Å². The first-order chi connectivity index (χ1) is 11.0. The van der Waals surface area contributed by atoms with Crippen LogP contribution >= 0.6 is 23.2 Å². The van der Waals surface area contributed by atoms with Crippen LogP contribution in [0.1, 0.15) is 10.4 Å². The molecule has 0 radical (unpaired) electrons. The van der Waals surface area contributed by atoms with Crippen molar-refractivity contribution in [2.24, 2.45) is 0 Å². The second-order valence-corrected chi connectivity index (χ2v) is 5.39. The van der Waals surface area contributed by atoms with Crippen molar-refractivity contribution in [1.82, 2.24) is 10.3 Å². The highest BCUT2D eigenvalue weighted by Crippen LogP contribution is 2.24. The van der Waals surface area contributed by atoms with Crippen molar-refractivity contribution in [3.63, 3.8) is 0 Å². The van der Waals surface area contributed by atoms with Gasteiger partial charge in [-0.1, -0.05) is 23.2 Å². The molecule has 8 heteroatoms. The summed E-state index contributed by atoms with van der Waals surface area (Å²) in [5.74, 6) is -0.563. The first kappa shape index (κ1) is 15.3. The number of halogens is 2. The van der Waals surface area contributed by atoms with Crippen molar-refractivity contribution in [3.8, 4) is 0 Å². The van der Waals surface area contributed by atoms with E-state index in [1.807, 2.05) is 0 Å². The number of imide groups is 1. The second-order valence-electron chi connectivity index (χ2n) is 4.57. The van der Waals surface area contributed by atoms with Gasteiger partial charge in [0.25, 0.3) is 5.91 Å². The molecule has 0 unspecified atom stereocenters. The lowest BCUT2D eigenvalue weighted by Gasteiger charge is -2.07. The molecule has 116 valence electrons. The highest BCUT2D eigenvalue weighted by Gasteiger charge is 2.12. The fraction of sp³-hybridized carbons (Fsp3) is 0. The Bertz CT molecular complexity index is 908. The lowest BCUT2D eigenvalue weighted by Crippen LogP contribution is -2.34. The van der Waals surface area contributed by atoms with Crippen molar-refractivity contribution >= 4 is 51.9 Å². The topological polar surface area (TPSA) is 84.2 Å². The zero-order chi connectivity index (χ0) is 16.4. The first-order valence-electron chi connectivity index (χ1n) is 6.43. The van der Waals surface area contributed by atoms with Gasteiger partial charge >= 0.3 is 6.03 Å². The molecule has 0 aliphatic heterocycles.